The Balaban J connectivity index is 2.19. The summed E-state index contributed by atoms with van der Waals surface area (Å²) in [4.78, 5) is 14.3. The van der Waals surface area contributed by atoms with Crippen LogP contribution in [0, 0.1) is 0 Å². The normalized spacial score (nSPS) is 10.6. The monoisotopic (exact) mass is 217 g/mol. The molecule has 0 aliphatic carbocycles. The van der Waals surface area contributed by atoms with Crippen LogP contribution in [0.15, 0.2) is 35.1 Å². The summed E-state index contributed by atoms with van der Waals surface area (Å²) in [6.07, 6.45) is 1.80. The van der Waals surface area contributed by atoms with Gasteiger partial charge in [0.1, 0.15) is 5.82 Å². The third kappa shape index (κ3) is 2.39. The number of nitrogens with one attached hydrogen (secondary N) is 1. The number of hydrogen-bond acceptors (Lipinski definition) is 2. The molecule has 0 fully saturated rings. The molecule has 4 nitrogen and oxygen atoms in total. The third-order valence-electron chi connectivity index (χ3n) is 2.39. The number of benzene rings is 1. The number of hydrogen-bond donors (Lipinski definition) is 1. The van der Waals surface area contributed by atoms with Crippen LogP contribution in [0.25, 0.3) is 0 Å². The Morgan fingerprint density at radius 2 is 2.06 bits per heavy atom. The topological polar surface area (TPSA) is 50.7 Å². The quantitative estimate of drug-likeness (QED) is 0.845. The molecule has 1 aromatic heterocycles. The molecule has 1 N–H and O–H groups in total. The number of aromatic amines is 1. The van der Waals surface area contributed by atoms with Crippen molar-refractivity contribution in [3.63, 3.8) is 0 Å². The maximum Gasteiger partial charge on any atom is 0.343 e. The summed E-state index contributed by atoms with van der Waals surface area (Å²) >= 11 is 0. The zero-order valence-corrected chi connectivity index (χ0v) is 9.31. The highest BCUT2D eigenvalue weighted by atomic mass is 16.1. The summed E-state index contributed by atoms with van der Waals surface area (Å²) < 4.78 is 1.47. The van der Waals surface area contributed by atoms with Gasteiger partial charge in [-0.15, -0.1) is 0 Å². The highest BCUT2D eigenvalue weighted by Gasteiger charge is 2.04. The van der Waals surface area contributed by atoms with Gasteiger partial charge in [0.15, 0.2) is 0 Å². The van der Waals surface area contributed by atoms with Crippen molar-refractivity contribution < 1.29 is 0 Å². The Morgan fingerprint density at radius 1 is 1.31 bits per heavy atom. The van der Waals surface area contributed by atoms with Crippen molar-refractivity contribution in [3.8, 4) is 0 Å². The summed E-state index contributed by atoms with van der Waals surface area (Å²) in [5.41, 5.74) is 0.950. The minimum Gasteiger partial charge on any atom is -0.293 e. The van der Waals surface area contributed by atoms with Gasteiger partial charge in [-0.05, 0) is 12.0 Å². The number of aryl methyl sites for hydroxylation is 1. The minimum atomic E-state index is -0.132. The number of H-pyrrole nitrogens is 1. The summed E-state index contributed by atoms with van der Waals surface area (Å²) in [5.74, 6) is 0.767. The predicted molar refractivity (Wildman–Crippen MR) is 62.4 cm³/mol. The van der Waals surface area contributed by atoms with Crippen LogP contribution < -0.4 is 5.69 Å². The Morgan fingerprint density at radius 3 is 2.75 bits per heavy atom. The van der Waals surface area contributed by atoms with Crippen molar-refractivity contribution in [3.05, 3.63) is 52.2 Å². The number of rotatable bonds is 4. The van der Waals surface area contributed by atoms with Crippen LogP contribution in [0.3, 0.4) is 0 Å². The van der Waals surface area contributed by atoms with E-state index in [0.29, 0.717) is 6.54 Å². The molecule has 0 saturated heterocycles. The smallest absolute Gasteiger partial charge is 0.293 e. The molecular weight excluding hydrogens is 202 g/mol. The molecule has 0 aliphatic heterocycles. The zero-order valence-electron chi connectivity index (χ0n) is 9.31. The minimum absolute atomic E-state index is 0.132. The van der Waals surface area contributed by atoms with Crippen LogP contribution in [-0.4, -0.2) is 14.8 Å². The van der Waals surface area contributed by atoms with Crippen molar-refractivity contribution in [1.29, 1.82) is 0 Å². The largest absolute Gasteiger partial charge is 0.343 e. The second-order valence-electron chi connectivity index (χ2n) is 3.77. The molecule has 0 saturated carbocycles. The van der Waals surface area contributed by atoms with Gasteiger partial charge in [0, 0.05) is 6.42 Å². The lowest BCUT2D eigenvalue weighted by molar-refractivity contribution is 0.647. The van der Waals surface area contributed by atoms with Crippen molar-refractivity contribution in [2.75, 3.05) is 0 Å². The highest BCUT2D eigenvalue weighted by Crippen LogP contribution is 2.00. The first-order valence-electron chi connectivity index (χ1n) is 5.49. The molecule has 0 atom stereocenters. The lowest BCUT2D eigenvalue weighted by atomic mass is 10.2. The van der Waals surface area contributed by atoms with Crippen LogP contribution in [-0.2, 0) is 13.0 Å². The van der Waals surface area contributed by atoms with E-state index in [4.69, 9.17) is 0 Å². The third-order valence-corrected chi connectivity index (χ3v) is 2.39. The van der Waals surface area contributed by atoms with Gasteiger partial charge in [0.2, 0.25) is 0 Å². The maximum absolute atomic E-state index is 11.6. The molecule has 0 spiro atoms. The fraction of sp³-hybridized carbons (Fsp3) is 0.333. The fourth-order valence-electron chi connectivity index (χ4n) is 1.62. The van der Waals surface area contributed by atoms with E-state index in [2.05, 4.69) is 17.0 Å². The van der Waals surface area contributed by atoms with E-state index in [-0.39, 0.29) is 5.69 Å². The van der Waals surface area contributed by atoms with Gasteiger partial charge >= 0.3 is 5.69 Å². The van der Waals surface area contributed by atoms with E-state index in [1.54, 1.807) is 0 Å². The van der Waals surface area contributed by atoms with E-state index in [0.717, 1.165) is 24.2 Å². The van der Waals surface area contributed by atoms with Crippen LogP contribution in [0.5, 0.6) is 0 Å². The fourth-order valence-corrected chi connectivity index (χ4v) is 1.62. The number of nitrogens with zero attached hydrogens (tertiary/aromatic N) is 2. The Labute approximate surface area is 93.9 Å². The van der Waals surface area contributed by atoms with E-state index in [1.807, 2.05) is 30.3 Å². The lowest BCUT2D eigenvalue weighted by Crippen LogP contribution is -2.18. The van der Waals surface area contributed by atoms with E-state index >= 15 is 0 Å². The van der Waals surface area contributed by atoms with Gasteiger partial charge in [-0.3, -0.25) is 4.98 Å². The predicted octanol–water partition coefficient (Wildman–Crippen LogP) is 1.57. The summed E-state index contributed by atoms with van der Waals surface area (Å²) in [5, 5.41) is 4.24. The first-order valence-corrected chi connectivity index (χ1v) is 5.49. The lowest BCUT2D eigenvalue weighted by Gasteiger charge is -1.98. The van der Waals surface area contributed by atoms with E-state index in [1.165, 1.54) is 4.68 Å². The highest BCUT2D eigenvalue weighted by molar-refractivity contribution is 5.14. The average Bonchev–Trinajstić information content (AvgIpc) is 2.61. The standard InChI is InChI=1S/C12H15N3O/c1-2-6-11-13-12(16)15(14-11)9-10-7-4-3-5-8-10/h3-5,7-8H,2,6,9H2,1H3,(H,13,14,16). The molecule has 2 rings (SSSR count). The maximum atomic E-state index is 11.6. The summed E-state index contributed by atoms with van der Waals surface area (Å²) in [6, 6.07) is 9.85. The van der Waals surface area contributed by atoms with Crippen LogP contribution >= 0.6 is 0 Å². The second kappa shape index (κ2) is 4.79. The molecule has 84 valence electrons. The van der Waals surface area contributed by atoms with Crippen LogP contribution in [0.4, 0.5) is 0 Å². The van der Waals surface area contributed by atoms with Crippen molar-refractivity contribution >= 4 is 0 Å². The Bertz CT molecular complexity index is 498. The Kier molecular flexibility index (Phi) is 3.19. The molecular formula is C12H15N3O. The van der Waals surface area contributed by atoms with Gasteiger partial charge in [-0.25, -0.2) is 9.48 Å². The molecule has 4 heteroatoms. The molecule has 2 aromatic rings. The molecule has 0 bridgehead atoms. The van der Waals surface area contributed by atoms with Gasteiger partial charge in [0.05, 0.1) is 6.54 Å². The van der Waals surface area contributed by atoms with Crippen LogP contribution in [0.1, 0.15) is 24.7 Å². The molecule has 1 heterocycles. The van der Waals surface area contributed by atoms with Crippen molar-refractivity contribution in [2.45, 2.75) is 26.3 Å². The zero-order chi connectivity index (χ0) is 11.4. The molecule has 16 heavy (non-hydrogen) atoms. The van der Waals surface area contributed by atoms with Crippen molar-refractivity contribution in [2.24, 2.45) is 0 Å². The van der Waals surface area contributed by atoms with Gasteiger partial charge in [-0.2, -0.15) is 5.10 Å². The molecule has 0 amide bonds. The Hall–Kier alpha value is -1.84. The molecule has 1 aromatic carbocycles. The molecule has 0 aliphatic rings. The van der Waals surface area contributed by atoms with Gasteiger partial charge in [0.25, 0.3) is 0 Å². The number of aromatic nitrogens is 3. The van der Waals surface area contributed by atoms with Crippen molar-refractivity contribution in [1.82, 2.24) is 14.8 Å². The average molecular weight is 217 g/mol. The van der Waals surface area contributed by atoms with E-state index < -0.39 is 0 Å². The van der Waals surface area contributed by atoms with E-state index in [9.17, 15) is 4.79 Å². The van der Waals surface area contributed by atoms with Gasteiger partial charge < -0.3 is 0 Å². The summed E-state index contributed by atoms with van der Waals surface area (Å²) in [6.45, 7) is 2.59. The first-order chi connectivity index (χ1) is 7.79. The van der Waals surface area contributed by atoms with Crippen LogP contribution in [0.2, 0.25) is 0 Å². The summed E-state index contributed by atoms with van der Waals surface area (Å²) in [7, 11) is 0. The second-order valence-corrected chi connectivity index (χ2v) is 3.77. The molecule has 0 radical (unpaired) electrons. The SMILES string of the molecule is CCCc1nn(Cc2ccccc2)c(=O)[nH]1. The van der Waals surface area contributed by atoms with Gasteiger partial charge in [-0.1, -0.05) is 37.3 Å². The first kappa shape index (κ1) is 10.7. The molecule has 0 unspecified atom stereocenters.